The highest BCUT2D eigenvalue weighted by Gasteiger charge is 2.21. The molecule has 0 radical (unpaired) electrons. The Morgan fingerprint density at radius 2 is 2.39 bits per heavy atom. The van der Waals surface area contributed by atoms with Gasteiger partial charge in [0.15, 0.2) is 0 Å². The SMILES string of the molecule is CCCNCC1CCN(CCc2ccnn2C)C1. The fourth-order valence-corrected chi connectivity index (χ4v) is 2.68. The molecule has 0 spiro atoms. The summed E-state index contributed by atoms with van der Waals surface area (Å²) in [5.41, 5.74) is 1.34. The lowest BCUT2D eigenvalue weighted by molar-refractivity contribution is 0.323. The second-order valence-corrected chi connectivity index (χ2v) is 5.36. The molecule has 1 unspecified atom stereocenters. The highest BCUT2D eigenvalue weighted by molar-refractivity contribution is 5.00. The smallest absolute Gasteiger partial charge is 0.0492 e. The molecule has 0 bridgehead atoms. The van der Waals surface area contributed by atoms with Crippen molar-refractivity contribution < 1.29 is 0 Å². The van der Waals surface area contributed by atoms with E-state index in [2.05, 4.69) is 28.3 Å². The van der Waals surface area contributed by atoms with Crippen LogP contribution in [0.4, 0.5) is 0 Å². The molecule has 1 aliphatic heterocycles. The third-order valence-corrected chi connectivity index (χ3v) is 3.84. The molecule has 1 aromatic heterocycles. The Labute approximate surface area is 110 Å². The zero-order chi connectivity index (χ0) is 12.8. The van der Waals surface area contributed by atoms with Crippen LogP contribution in [0.25, 0.3) is 0 Å². The Hall–Kier alpha value is -0.870. The summed E-state index contributed by atoms with van der Waals surface area (Å²) in [6, 6.07) is 2.12. The predicted molar refractivity (Wildman–Crippen MR) is 74.6 cm³/mol. The van der Waals surface area contributed by atoms with Crippen molar-refractivity contribution in [1.29, 1.82) is 0 Å². The number of rotatable bonds is 7. The second-order valence-electron chi connectivity index (χ2n) is 5.36. The lowest BCUT2D eigenvalue weighted by atomic mass is 10.1. The molecule has 0 aromatic carbocycles. The monoisotopic (exact) mass is 250 g/mol. The summed E-state index contributed by atoms with van der Waals surface area (Å²) in [7, 11) is 2.02. The van der Waals surface area contributed by atoms with Gasteiger partial charge in [0.2, 0.25) is 0 Å². The molecule has 0 amide bonds. The molecule has 1 N–H and O–H groups in total. The zero-order valence-corrected chi connectivity index (χ0v) is 11.7. The number of aromatic nitrogens is 2. The molecule has 2 heterocycles. The van der Waals surface area contributed by atoms with E-state index in [1.165, 1.54) is 44.7 Å². The van der Waals surface area contributed by atoms with E-state index in [4.69, 9.17) is 0 Å². The van der Waals surface area contributed by atoms with Gasteiger partial charge in [0, 0.05) is 38.4 Å². The Bertz CT molecular complexity index is 347. The van der Waals surface area contributed by atoms with E-state index in [1.54, 1.807) is 0 Å². The fourth-order valence-electron chi connectivity index (χ4n) is 2.68. The topological polar surface area (TPSA) is 33.1 Å². The largest absolute Gasteiger partial charge is 0.316 e. The Balaban J connectivity index is 1.65. The molecule has 1 aliphatic rings. The second kappa shape index (κ2) is 6.90. The van der Waals surface area contributed by atoms with E-state index in [0.717, 1.165) is 18.9 Å². The summed E-state index contributed by atoms with van der Waals surface area (Å²) < 4.78 is 1.98. The average molecular weight is 250 g/mol. The number of nitrogens with zero attached hydrogens (tertiary/aromatic N) is 3. The first kappa shape index (κ1) is 13.6. The number of nitrogens with one attached hydrogen (secondary N) is 1. The molecule has 1 fully saturated rings. The van der Waals surface area contributed by atoms with Crippen LogP contribution in [0.15, 0.2) is 12.3 Å². The van der Waals surface area contributed by atoms with Crippen molar-refractivity contribution in [3.63, 3.8) is 0 Å². The summed E-state index contributed by atoms with van der Waals surface area (Å²) in [6.07, 6.45) is 5.58. The first-order chi connectivity index (χ1) is 8.79. The fraction of sp³-hybridized carbons (Fsp3) is 0.786. The summed E-state index contributed by atoms with van der Waals surface area (Å²) in [6.45, 7) is 8.26. The highest BCUT2D eigenvalue weighted by atomic mass is 15.3. The standard InChI is InChI=1S/C14H26N4/c1-3-7-15-11-13-5-9-18(12-13)10-6-14-4-8-16-17(14)2/h4,8,13,15H,3,5-7,9-12H2,1-2H3. The zero-order valence-electron chi connectivity index (χ0n) is 11.7. The molecule has 0 aliphatic carbocycles. The van der Waals surface area contributed by atoms with E-state index in [9.17, 15) is 0 Å². The van der Waals surface area contributed by atoms with E-state index in [0.29, 0.717) is 0 Å². The van der Waals surface area contributed by atoms with Crippen molar-refractivity contribution in [2.75, 3.05) is 32.7 Å². The third kappa shape index (κ3) is 3.82. The van der Waals surface area contributed by atoms with Crippen LogP contribution in [0, 0.1) is 5.92 Å². The molecular formula is C14H26N4. The Kier molecular flexibility index (Phi) is 5.20. The summed E-state index contributed by atoms with van der Waals surface area (Å²) in [4.78, 5) is 2.59. The van der Waals surface area contributed by atoms with Gasteiger partial charge in [0.1, 0.15) is 0 Å². The predicted octanol–water partition coefficient (Wildman–Crippen LogP) is 1.28. The van der Waals surface area contributed by atoms with Crippen molar-refractivity contribution in [3.8, 4) is 0 Å². The van der Waals surface area contributed by atoms with Gasteiger partial charge in [-0.2, -0.15) is 5.10 Å². The Morgan fingerprint density at radius 3 is 3.11 bits per heavy atom. The van der Waals surface area contributed by atoms with E-state index in [-0.39, 0.29) is 0 Å². The lowest BCUT2D eigenvalue weighted by Gasteiger charge is -2.16. The molecule has 2 rings (SSSR count). The van der Waals surface area contributed by atoms with Crippen molar-refractivity contribution in [2.45, 2.75) is 26.2 Å². The molecule has 4 heteroatoms. The van der Waals surface area contributed by atoms with Gasteiger partial charge in [-0.3, -0.25) is 4.68 Å². The maximum atomic E-state index is 4.21. The van der Waals surface area contributed by atoms with Gasteiger partial charge in [-0.05, 0) is 44.5 Å². The Morgan fingerprint density at radius 1 is 1.50 bits per heavy atom. The number of likely N-dealkylation sites (tertiary alicyclic amines) is 1. The van der Waals surface area contributed by atoms with Gasteiger partial charge >= 0.3 is 0 Å². The van der Waals surface area contributed by atoms with Crippen LogP contribution in [0.5, 0.6) is 0 Å². The number of hydrogen-bond acceptors (Lipinski definition) is 3. The minimum Gasteiger partial charge on any atom is -0.316 e. The normalized spacial score (nSPS) is 20.7. The van der Waals surface area contributed by atoms with E-state index >= 15 is 0 Å². The van der Waals surface area contributed by atoms with Crippen LogP contribution in [0.1, 0.15) is 25.5 Å². The van der Waals surface area contributed by atoms with Crippen molar-refractivity contribution in [2.24, 2.45) is 13.0 Å². The van der Waals surface area contributed by atoms with Gasteiger partial charge in [-0.15, -0.1) is 0 Å². The van der Waals surface area contributed by atoms with Crippen molar-refractivity contribution in [3.05, 3.63) is 18.0 Å². The summed E-state index contributed by atoms with van der Waals surface area (Å²) in [5, 5.41) is 7.75. The lowest BCUT2D eigenvalue weighted by Crippen LogP contribution is -2.28. The van der Waals surface area contributed by atoms with Gasteiger partial charge < -0.3 is 10.2 Å². The first-order valence-electron chi connectivity index (χ1n) is 7.19. The van der Waals surface area contributed by atoms with E-state index in [1.807, 2.05) is 17.9 Å². The highest BCUT2D eigenvalue weighted by Crippen LogP contribution is 2.15. The minimum atomic E-state index is 0.850. The molecule has 1 saturated heterocycles. The van der Waals surface area contributed by atoms with Crippen molar-refractivity contribution >= 4 is 0 Å². The van der Waals surface area contributed by atoms with Crippen LogP contribution < -0.4 is 5.32 Å². The van der Waals surface area contributed by atoms with Gasteiger partial charge in [0.05, 0.1) is 0 Å². The number of aryl methyl sites for hydroxylation is 1. The summed E-state index contributed by atoms with van der Waals surface area (Å²) >= 11 is 0. The molecule has 18 heavy (non-hydrogen) atoms. The van der Waals surface area contributed by atoms with Crippen LogP contribution in [-0.4, -0.2) is 47.4 Å². The molecule has 0 saturated carbocycles. The molecule has 102 valence electrons. The maximum absolute atomic E-state index is 4.21. The van der Waals surface area contributed by atoms with Gasteiger partial charge in [-0.25, -0.2) is 0 Å². The molecular weight excluding hydrogens is 224 g/mol. The third-order valence-electron chi connectivity index (χ3n) is 3.84. The molecule has 1 atom stereocenters. The van der Waals surface area contributed by atoms with Crippen LogP contribution in [-0.2, 0) is 13.5 Å². The van der Waals surface area contributed by atoms with Crippen LogP contribution in [0.3, 0.4) is 0 Å². The quantitative estimate of drug-likeness (QED) is 0.740. The first-order valence-corrected chi connectivity index (χ1v) is 7.19. The van der Waals surface area contributed by atoms with E-state index < -0.39 is 0 Å². The number of hydrogen-bond donors (Lipinski definition) is 1. The average Bonchev–Trinajstić information content (AvgIpc) is 2.96. The molecule has 4 nitrogen and oxygen atoms in total. The van der Waals surface area contributed by atoms with Crippen molar-refractivity contribution in [1.82, 2.24) is 20.0 Å². The van der Waals surface area contributed by atoms with Crippen LogP contribution >= 0.6 is 0 Å². The summed E-state index contributed by atoms with van der Waals surface area (Å²) in [5.74, 6) is 0.850. The molecule has 1 aromatic rings. The van der Waals surface area contributed by atoms with Crippen LogP contribution in [0.2, 0.25) is 0 Å². The minimum absolute atomic E-state index is 0.850. The van der Waals surface area contributed by atoms with Gasteiger partial charge in [0.25, 0.3) is 0 Å². The van der Waals surface area contributed by atoms with Gasteiger partial charge in [-0.1, -0.05) is 6.92 Å². The maximum Gasteiger partial charge on any atom is 0.0492 e.